The monoisotopic (exact) mass is 517 g/mol. The topological polar surface area (TPSA) is 174 Å². The Balaban J connectivity index is 1.51. The highest BCUT2D eigenvalue weighted by Gasteiger charge is 2.57. The highest BCUT2D eigenvalue weighted by molar-refractivity contribution is 5.85. The van der Waals surface area contributed by atoms with Gasteiger partial charge in [0.05, 0.1) is 12.9 Å². The van der Waals surface area contributed by atoms with Gasteiger partial charge in [-0.05, 0) is 17.5 Å². The Morgan fingerprint density at radius 1 is 1.11 bits per heavy atom. The van der Waals surface area contributed by atoms with E-state index < -0.39 is 29.9 Å². The zero-order valence-electron chi connectivity index (χ0n) is 20.9. The lowest BCUT2D eigenvalue weighted by Crippen LogP contribution is -2.52. The molecule has 2 aromatic carbocycles. The van der Waals surface area contributed by atoms with Gasteiger partial charge in [0.2, 0.25) is 0 Å². The van der Waals surface area contributed by atoms with Gasteiger partial charge in [-0.2, -0.15) is 0 Å². The second-order valence-corrected chi connectivity index (χ2v) is 9.32. The summed E-state index contributed by atoms with van der Waals surface area (Å²) in [6.07, 6.45) is -2.58. The Hall–Kier alpha value is -3.90. The van der Waals surface area contributed by atoms with Crippen LogP contribution in [-0.4, -0.2) is 60.0 Å². The van der Waals surface area contributed by atoms with E-state index in [4.69, 9.17) is 16.2 Å². The summed E-state index contributed by atoms with van der Waals surface area (Å²) in [6.45, 7) is 2.23. The minimum atomic E-state index is -1.73. The van der Waals surface area contributed by atoms with Gasteiger partial charge in [-0.25, -0.2) is 15.0 Å². The molecule has 5 rings (SSSR count). The number of aromatic nitrogens is 4. The van der Waals surface area contributed by atoms with Gasteiger partial charge in [-0.3, -0.25) is 9.36 Å². The molecule has 1 aliphatic heterocycles. The van der Waals surface area contributed by atoms with E-state index in [1.165, 1.54) is 10.9 Å². The zero-order valence-corrected chi connectivity index (χ0v) is 20.9. The molecule has 1 fully saturated rings. The van der Waals surface area contributed by atoms with Crippen LogP contribution in [0.3, 0.4) is 0 Å². The molecule has 1 amide bonds. The predicted octanol–water partition coefficient (Wildman–Crippen LogP) is 1.41. The summed E-state index contributed by atoms with van der Waals surface area (Å²) in [5.41, 5.74) is 12.8. The minimum Gasteiger partial charge on any atom is -0.387 e. The average molecular weight is 518 g/mol. The first-order chi connectivity index (χ1) is 18.4. The number of aliphatic hydroxyl groups is 2. The van der Waals surface area contributed by atoms with Gasteiger partial charge in [0.1, 0.15) is 18.0 Å². The average Bonchev–Trinajstić information content (AvgIpc) is 3.48. The number of ether oxygens (including phenoxy) is 1. The third kappa shape index (κ3) is 4.39. The Morgan fingerprint density at radius 2 is 1.74 bits per heavy atom. The Labute approximate surface area is 219 Å². The molecular weight excluding hydrogens is 486 g/mol. The van der Waals surface area contributed by atoms with Crippen LogP contribution < -0.4 is 16.8 Å². The third-order valence-corrected chi connectivity index (χ3v) is 7.17. The molecular formula is C27H31N7O4. The zero-order chi connectivity index (χ0) is 26.9. The van der Waals surface area contributed by atoms with Crippen molar-refractivity contribution in [3.63, 3.8) is 0 Å². The first-order valence-corrected chi connectivity index (χ1v) is 12.5. The number of carbonyl (C=O) groups is 1. The van der Waals surface area contributed by atoms with Crippen molar-refractivity contribution in [2.45, 2.75) is 49.8 Å². The standard InChI is InChI=1S/C27H31N7O4/c1-2-27(26(29)37)22(36)21(35)25(38-27)34-15-31-20-23(32-19(13-28)33-24(20)34)30-14-18(16-9-5-3-6-10-16)17-11-7-4-8-12-17/h3-12,15,18,21-22,25,35-36H,2,13-14,28H2,1H3,(H2,29,37)(H,30,32,33)/t21-,22+,25-,27+/m1/s1. The van der Waals surface area contributed by atoms with E-state index in [2.05, 4.69) is 44.5 Å². The molecule has 11 heteroatoms. The number of amides is 1. The number of nitrogens with one attached hydrogen (secondary N) is 1. The van der Waals surface area contributed by atoms with Crippen LogP contribution in [0.1, 0.15) is 42.4 Å². The third-order valence-electron chi connectivity index (χ3n) is 7.17. The Morgan fingerprint density at radius 3 is 2.26 bits per heavy atom. The number of carbonyl (C=O) groups excluding carboxylic acids is 1. The number of benzene rings is 2. The fourth-order valence-corrected chi connectivity index (χ4v) is 5.04. The number of nitrogens with zero attached hydrogens (tertiary/aromatic N) is 4. The fraction of sp³-hybridized carbons (Fsp3) is 0.333. The Kier molecular flexibility index (Phi) is 7.09. The highest BCUT2D eigenvalue weighted by atomic mass is 16.6. The normalized spacial score (nSPS) is 23.2. The van der Waals surface area contributed by atoms with Crippen LogP contribution >= 0.6 is 0 Å². The summed E-state index contributed by atoms with van der Waals surface area (Å²) in [5.74, 6) is -0.00849. The number of primary amides is 1. The summed E-state index contributed by atoms with van der Waals surface area (Å²) in [5, 5.41) is 24.9. The van der Waals surface area contributed by atoms with Crippen molar-refractivity contribution < 1.29 is 19.7 Å². The summed E-state index contributed by atoms with van der Waals surface area (Å²) in [4.78, 5) is 25.8. The molecule has 0 radical (unpaired) electrons. The fourth-order valence-electron chi connectivity index (χ4n) is 5.04. The first-order valence-electron chi connectivity index (χ1n) is 12.5. The van der Waals surface area contributed by atoms with Gasteiger partial charge < -0.3 is 31.7 Å². The van der Waals surface area contributed by atoms with E-state index in [0.29, 0.717) is 29.4 Å². The maximum Gasteiger partial charge on any atom is 0.252 e. The van der Waals surface area contributed by atoms with Gasteiger partial charge in [0.15, 0.2) is 28.8 Å². The lowest BCUT2D eigenvalue weighted by atomic mass is 9.91. The smallest absolute Gasteiger partial charge is 0.252 e. The SMILES string of the molecule is CC[C@]1(C(N)=O)O[C@@H](n2cnc3c(NCC(c4ccccc4)c4ccccc4)nc(CN)nc32)[C@H](O)[C@@H]1O. The molecule has 2 aromatic heterocycles. The molecule has 198 valence electrons. The molecule has 0 unspecified atom stereocenters. The van der Waals surface area contributed by atoms with Gasteiger partial charge in [0, 0.05) is 12.5 Å². The molecule has 11 nitrogen and oxygen atoms in total. The summed E-state index contributed by atoms with van der Waals surface area (Å²) >= 11 is 0. The lowest BCUT2D eigenvalue weighted by Gasteiger charge is -2.26. The second-order valence-electron chi connectivity index (χ2n) is 9.32. The maximum atomic E-state index is 12.2. The molecule has 4 aromatic rings. The van der Waals surface area contributed by atoms with Crippen LogP contribution in [0.4, 0.5) is 5.82 Å². The van der Waals surface area contributed by atoms with Gasteiger partial charge in [-0.15, -0.1) is 0 Å². The molecule has 0 aliphatic carbocycles. The van der Waals surface area contributed by atoms with Crippen LogP contribution in [0.25, 0.3) is 11.2 Å². The number of imidazole rings is 1. The van der Waals surface area contributed by atoms with Crippen molar-refractivity contribution >= 4 is 22.9 Å². The van der Waals surface area contributed by atoms with Crippen LogP contribution in [0, 0.1) is 0 Å². The van der Waals surface area contributed by atoms with E-state index in [-0.39, 0.29) is 18.9 Å². The first kappa shape index (κ1) is 25.7. The number of rotatable bonds is 9. The van der Waals surface area contributed by atoms with Crippen molar-refractivity contribution in [3.8, 4) is 0 Å². The molecule has 7 N–H and O–H groups in total. The van der Waals surface area contributed by atoms with E-state index >= 15 is 0 Å². The van der Waals surface area contributed by atoms with Crippen LogP contribution in [0.15, 0.2) is 67.0 Å². The van der Waals surface area contributed by atoms with E-state index in [1.807, 2.05) is 36.4 Å². The van der Waals surface area contributed by atoms with Crippen molar-refractivity contribution in [1.82, 2.24) is 19.5 Å². The van der Waals surface area contributed by atoms with Crippen LogP contribution in [0.5, 0.6) is 0 Å². The van der Waals surface area contributed by atoms with Gasteiger partial charge in [-0.1, -0.05) is 67.6 Å². The van der Waals surface area contributed by atoms with Crippen molar-refractivity contribution in [2.75, 3.05) is 11.9 Å². The van der Waals surface area contributed by atoms with Crippen molar-refractivity contribution in [3.05, 3.63) is 83.9 Å². The van der Waals surface area contributed by atoms with Gasteiger partial charge >= 0.3 is 0 Å². The molecule has 1 saturated heterocycles. The lowest BCUT2D eigenvalue weighted by molar-refractivity contribution is -0.155. The summed E-state index contributed by atoms with van der Waals surface area (Å²) < 4.78 is 7.37. The molecule has 3 heterocycles. The van der Waals surface area contributed by atoms with E-state index in [0.717, 1.165) is 11.1 Å². The van der Waals surface area contributed by atoms with E-state index in [1.54, 1.807) is 6.92 Å². The summed E-state index contributed by atoms with van der Waals surface area (Å²) in [6, 6.07) is 20.3. The van der Waals surface area contributed by atoms with Crippen LogP contribution in [-0.2, 0) is 16.1 Å². The number of fused-ring (bicyclic) bond motifs is 1. The number of hydrogen-bond donors (Lipinski definition) is 5. The molecule has 0 spiro atoms. The molecule has 38 heavy (non-hydrogen) atoms. The Bertz CT molecular complexity index is 1380. The maximum absolute atomic E-state index is 12.2. The molecule has 4 atom stereocenters. The highest BCUT2D eigenvalue weighted by Crippen LogP contribution is 2.40. The minimum absolute atomic E-state index is 0.0294. The number of anilines is 1. The summed E-state index contributed by atoms with van der Waals surface area (Å²) in [7, 11) is 0. The largest absolute Gasteiger partial charge is 0.387 e. The van der Waals surface area contributed by atoms with Crippen LogP contribution in [0.2, 0.25) is 0 Å². The number of nitrogens with two attached hydrogens (primary N) is 2. The van der Waals surface area contributed by atoms with Crippen molar-refractivity contribution in [1.29, 1.82) is 0 Å². The molecule has 1 aliphatic rings. The number of aliphatic hydroxyl groups excluding tert-OH is 2. The van der Waals surface area contributed by atoms with Gasteiger partial charge in [0.25, 0.3) is 5.91 Å². The molecule has 0 bridgehead atoms. The van der Waals surface area contributed by atoms with Crippen molar-refractivity contribution in [2.24, 2.45) is 11.5 Å². The molecule has 0 saturated carbocycles. The predicted molar refractivity (Wildman–Crippen MR) is 141 cm³/mol. The van der Waals surface area contributed by atoms with E-state index in [9.17, 15) is 15.0 Å². The second kappa shape index (κ2) is 10.5. The number of hydrogen-bond acceptors (Lipinski definition) is 9. The quantitative estimate of drug-likeness (QED) is 0.220.